The minimum Gasteiger partial charge on any atom is -0.353 e. The lowest BCUT2D eigenvalue weighted by Gasteiger charge is -2.47. The lowest BCUT2D eigenvalue weighted by molar-refractivity contribution is 0.116. The number of hydrogen-bond acceptors (Lipinski definition) is 3. The van der Waals surface area contributed by atoms with Gasteiger partial charge in [0.15, 0.2) is 0 Å². The number of piperazine rings is 1. The summed E-state index contributed by atoms with van der Waals surface area (Å²) >= 11 is 0. The Balaban J connectivity index is 2.11. The second-order valence-electron chi connectivity index (χ2n) is 6.25. The quantitative estimate of drug-likeness (QED) is 0.778. The molecule has 0 aromatic carbocycles. The first kappa shape index (κ1) is 14.1. The molecule has 0 N–H and O–H groups in total. The van der Waals surface area contributed by atoms with Gasteiger partial charge in [-0.3, -0.25) is 4.90 Å². The van der Waals surface area contributed by atoms with Gasteiger partial charge in [0.1, 0.15) is 5.82 Å². The molecule has 0 saturated carbocycles. The number of aromatic nitrogens is 1. The monoisotopic (exact) mass is 259 g/mol. The van der Waals surface area contributed by atoms with Crippen molar-refractivity contribution in [2.24, 2.45) is 0 Å². The molecule has 1 aromatic heterocycles. The summed E-state index contributed by atoms with van der Waals surface area (Å²) in [6, 6.07) is 6.24. The van der Waals surface area contributed by atoms with Crippen LogP contribution in [0, 0.1) is 6.92 Å². The molecule has 2 rings (SSSR count). The molecular weight excluding hydrogens is 234 g/mol. The summed E-state index contributed by atoms with van der Waals surface area (Å²) in [5.74, 6) is 1.10. The maximum absolute atomic E-state index is 4.64. The number of anilines is 1. The predicted molar refractivity (Wildman–Crippen MR) is 81.7 cm³/mol. The standard InChI is InChI=1S/C16H25N3/c1-13(2)11-19-10-9-18(12-16(19,4)5)15-8-6-7-14(3)17-15/h6-8H,1,9-12H2,2-5H3. The lowest BCUT2D eigenvalue weighted by Crippen LogP contribution is -2.59. The van der Waals surface area contributed by atoms with Crippen LogP contribution in [-0.2, 0) is 0 Å². The van der Waals surface area contributed by atoms with Crippen molar-refractivity contribution in [2.45, 2.75) is 33.2 Å². The largest absolute Gasteiger partial charge is 0.353 e. The summed E-state index contributed by atoms with van der Waals surface area (Å²) in [5, 5.41) is 0. The molecule has 1 aromatic rings. The van der Waals surface area contributed by atoms with E-state index in [0.717, 1.165) is 37.7 Å². The molecule has 0 radical (unpaired) electrons. The normalized spacial score (nSPS) is 19.5. The molecule has 0 unspecified atom stereocenters. The van der Waals surface area contributed by atoms with Crippen molar-refractivity contribution in [3.63, 3.8) is 0 Å². The number of pyridine rings is 1. The lowest BCUT2D eigenvalue weighted by atomic mass is 9.98. The Morgan fingerprint density at radius 2 is 2.11 bits per heavy atom. The highest BCUT2D eigenvalue weighted by Crippen LogP contribution is 2.25. The number of hydrogen-bond donors (Lipinski definition) is 0. The highest BCUT2D eigenvalue weighted by molar-refractivity contribution is 5.40. The van der Waals surface area contributed by atoms with Crippen LogP contribution in [0.4, 0.5) is 5.82 Å². The van der Waals surface area contributed by atoms with Gasteiger partial charge < -0.3 is 4.90 Å². The van der Waals surface area contributed by atoms with E-state index in [2.05, 4.69) is 54.3 Å². The number of rotatable bonds is 3. The molecule has 0 aliphatic carbocycles. The maximum Gasteiger partial charge on any atom is 0.128 e. The topological polar surface area (TPSA) is 19.4 Å². The zero-order chi connectivity index (χ0) is 14.0. The molecule has 0 atom stereocenters. The van der Waals surface area contributed by atoms with E-state index in [1.807, 2.05) is 13.0 Å². The van der Waals surface area contributed by atoms with Crippen molar-refractivity contribution in [3.8, 4) is 0 Å². The molecule has 0 bridgehead atoms. The molecule has 0 spiro atoms. The minimum absolute atomic E-state index is 0.155. The summed E-state index contributed by atoms with van der Waals surface area (Å²) in [6.07, 6.45) is 0. The fraction of sp³-hybridized carbons (Fsp3) is 0.562. The van der Waals surface area contributed by atoms with E-state index in [1.165, 1.54) is 5.57 Å². The van der Waals surface area contributed by atoms with E-state index >= 15 is 0 Å². The van der Waals surface area contributed by atoms with Gasteiger partial charge in [-0.2, -0.15) is 0 Å². The van der Waals surface area contributed by atoms with Crippen molar-refractivity contribution in [1.29, 1.82) is 0 Å². The van der Waals surface area contributed by atoms with Crippen LogP contribution in [0.5, 0.6) is 0 Å². The highest BCUT2D eigenvalue weighted by Gasteiger charge is 2.33. The molecule has 19 heavy (non-hydrogen) atoms. The Labute approximate surface area is 116 Å². The zero-order valence-electron chi connectivity index (χ0n) is 12.6. The molecule has 3 heteroatoms. The maximum atomic E-state index is 4.64. The summed E-state index contributed by atoms with van der Waals surface area (Å²) in [7, 11) is 0. The van der Waals surface area contributed by atoms with E-state index < -0.39 is 0 Å². The summed E-state index contributed by atoms with van der Waals surface area (Å²) in [4.78, 5) is 9.54. The van der Waals surface area contributed by atoms with Gasteiger partial charge in [0, 0.05) is 37.4 Å². The Bertz CT molecular complexity index is 465. The molecule has 1 aliphatic rings. The first-order valence-corrected chi connectivity index (χ1v) is 6.96. The summed E-state index contributed by atoms with van der Waals surface area (Å²) in [6.45, 7) is 16.9. The summed E-state index contributed by atoms with van der Waals surface area (Å²) in [5.41, 5.74) is 2.47. The fourth-order valence-electron chi connectivity index (χ4n) is 2.71. The molecule has 0 amide bonds. The Hall–Kier alpha value is -1.35. The van der Waals surface area contributed by atoms with Gasteiger partial charge in [-0.05, 0) is 39.8 Å². The van der Waals surface area contributed by atoms with Crippen LogP contribution in [0.2, 0.25) is 0 Å². The average Bonchev–Trinajstić information content (AvgIpc) is 2.31. The van der Waals surface area contributed by atoms with E-state index in [0.29, 0.717) is 0 Å². The molecule has 3 nitrogen and oxygen atoms in total. The van der Waals surface area contributed by atoms with Crippen molar-refractivity contribution in [3.05, 3.63) is 36.0 Å². The Morgan fingerprint density at radius 1 is 1.37 bits per heavy atom. The third-order valence-corrected chi connectivity index (χ3v) is 3.73. The van der Waals surface area contributed by atoms with Crippen LogP contribution in [0.1, 0.15) is 26.5 Å². The van der Waals surface area contributed by atoms with Gasteiger partial charge in [-0.25, -0.2) is 4.98 Å². The number of aryl methyl sites for hydroxylation is 1. The predicted octanol–water partition coefficient (Wildman–Crippen LogP) is 2.87. The van der Waals surface area contributed by atoms with Gasteiger partial charge in [-0.15, -0.1) is 0 Å². The van der Waals surface area contributed by atoms with Gasteiger partial charge in [-0.1, -0.05) is 18.2 Å². The van der Waals surface area contributed by atoms with E-state index in [9.17, 15) is 0 Å². The second-order valence-corrected chi connectivity index (χ2v) is 6.25. The van der Waals surface area contributed by atoms with Crippen LogP contribution >= 0.6 is 0 Å². The molecule has 1 fully saturated rings. The first-order valence-electron chi connectivity index (χ1n) is 6.96. The van der Waals surface area contributed by atoms with Crippen molar-refractivity contribution in [1.82, 2.24) is 9.88 Å². The SMILES string of the molecule is C=C(C)CN1CCN(c2cccc(C)n2)CC1(C)C. The second kappa shape index (κ2) is 5.33. The minimum atomic E-state index is 0.155. The van der Waals surface area contributed by atoms with E-state index in [4.69, 9.17) is 0 Å². The van der Waals surface area contributed by atoms with Crippen LogP contribution in [-0.4, -0.2) is 41.6 Å². The first-order chi connectivity index (χ1) is 8.88. The van der Waals surface area contributed by atoms with E-state index in [-0.39, 0.29) is 5.54 Å². The number of nitrogens with zero attached hydrogens (tertiary/aromatic N) is 3. The van der Waals surface area contributed by atoms with Crippen molar-refractivity contribution >= 4 is 5.82 Å². The smallest absolute Gasteiger partial charge is 0.128 e. The summed E-state index contributed by atoms with van der Waals surface area (Å²) < 4.78 is 0. The third kappa shape index (κ3) is 3.35. The van der Waals surface area contributed by atoms with Gasteiger partial charge in [0.25, 0.3) is 0 Å². The zero-order valence-corrected chi connectivity index (χ0v) is 12.6. The van der Waals surface area contributed by atoms with Gasteiger partial charge in [0.05, 0.1) is 0 Å². The third-order valence-electron chi connectivity index (χ3n) is 3.73. The molecule has 1 saturated heterocycles. The fourth-order valence-corrected chi connectivity index (χ4v) is 2.71. The molecule has 104 valence electrons. The van der Waals surface area contributed by atoms with Crippen molar-refractivity contribution < 1.29 is 0 Å². The van der Waals surface area contributed by atoms with Crippen LogP contribution in [0.3, 0.4) is 0 Å². The van der Waals surface area contributed by atoms with Crippen LogP contribution < -0.4 is 4.90 Å². The molecular formula is C16H25N3. The van der Waals surface area contributed by atoms with Crippen molar-refractivity contribution in [2.75, 3.05) is 31.1 Å². The van der Waals surface area contributed by atoms with E-state index in [1.54, 1.807) is 0 Å². The van der Waals surface area contributed by atoms with Crippen LogP contribution in [0.15, 0.2) is 30.4 Å². The molecule has 1 aliphatic heterocycles. The van der Waals surface area contributed by atoms with Gasteiger partial charge >= 0.3 is 0 Å². The van der Waals surface area contributed by atoms with Gasteiger partial charge in [0.2, 0.25) is 0 Å². The molecule has 2 heterocycles. The average molecular weight is 259 g/mol. The highest BCUT2D eigenvalue weighted by atomic mass is 15.3. The van der Waals surface area contributed by atoms with Crippen LogP contribution in [0.25, 0.3) is 0 Å². The Morgan fingerprint density at radius 3 is 2.68 bits per heavy atom. The Kier molecular flexibility index (Phi) is 3.95.